The van der Waals surface area contributed by atoms with Crippen molar-refractivity contribution in [1.82, 2.24) is 4.90 Å². The summed E-state index contributed by atoms with van der Waals surface area (Å²) in [5.74, 6) is -0.855. The molecular formula is C30H31NO5. The highest BCUT2D eigenvalue weighted by Crippen LogP contribution is 2.39. The summed E-state index contributed by atoms with van der Waals surface area (Å²) in [6, 6.07) is 22.2. The number of methoxy groups -OCH3 is 1. The Morgan fingerprint density at radius 3 is 2.33 bits per heavy atom. The maximum absolute atomic E-state index is 13.1. The summed E-state index contributed by atoms with van der Waals surface area (Å²) in [6.45, 7) is 4.89. The number of amides is 1. The number of aryl methyl sites for hydroxylation is 2. The third kappa shape index (κ3) is 5.19. The van der Waals surface area contributed by atoms with Gasteiger partial charge in [-0.05, 0) is 53.8 Å². The third-order valence-corrected chi connectivity index (χ3v) is 6.47. The highest BCUT2D eigenvalue weighted by molar-refractivity contribution is 6.46. The van der Waals surface area contributed by atoms with Gasteiger partial charge in [0.1, 0.15) is 18.1 Å². The number of aliphatic hydroxyl groups excluding tert-OH is 1. The van der Waals surface area contributed by atoms with Crippen molar-refractivity contribution in [3.63, 3.8) is 0 Å². The van der Waals surface area contributed by atoms with Gasteiger partial charge in [-0.3, -0.25) is 9.59 Å². The molecule has 3 aromatic rings. The number of hydrogen-bond donors (Lipinski definition) is 1. The predicted octanol–water partition coefficient (Wildman–Crippen LogP) is 5.20. The van der Waals surface area contributed by atoms with Crippen molar-refractivity contribution < 1.29 is 24.2 Å². The molecule has 0 saturated carbocycles. The molecule has 4 rings (SSSR count). The van der Waals surface area contributed by atoms with Crippen molar-refractivity contribution in [2.45, 2.75) is 32.9 Å². The van der Waals surface area contributed by atoms with Crippen LogP contribution in [0, 0.1) is 6.92 Å². The first kappa shape index (κ1) is 25.2. The average Bonchev–Trinajstić information content (AvgIpc) is 3.16. The zero-order valence-electron chi connectivity index (χ0n) is 20.9. The SMILES string of the molecule is CCc1ccc(C2/C(=C(\O)c3ccc(OCc4ccccc4)c(C)c3)C(=O)C(=O)N2CCOC)cc1. The molecule has 0 spiro atoms. The van der Waals surface area contributed by atoms with Crippen molar-refractivity contribution in [2.75, 3.05) is 20.3 Å². The normalized spacial score (nSPS) is 17.0. The first-order valence-corrected chi connectivity index (χ1v) is 12.1. The number of ketones is 1. The van der Waals surface area contributed by atoms with Crippen LogP contribution in [0.5, 0.6) is 5.75 Å². The molecule has 0 bridgehead atoms. The Labute approximate surface area is 211 Å². The number of likely N-dealkylation sites (tertiary alicyclic amines) is 1. The van der Waals surface area contributed by atoms with E-state index < -0.39 is 17.7 Å². The molecule has 1 saturated heterocycles. The fourth-order valence-electron chi connectivity index (χ4n) is 4.43. The van der Waals surface area contributed by atoms with E-state index in [-0.39, 0.29) is 24.5 Å². The summed E-state index contributed by atoms with van der Waals surface area (Å²) >= 11 is 0. The van der Waals surface area contributed by atoms with Crippen LogP contribution >= 0.6 is 0 Å². The Hall–Kier alpha value is -3.90. The van der Waals surface area contributed by atoms with Gasteiger partial charge in [0, 0.05) is 19.2 Å². The number of Topliss-reactive ketones (excluding diaryl/α,β-unsaturated/α-hetero) is 1. The van der Waals surface area contributed by atoms with E-state index in [1.54, 1.807) is 25.3 Å². The minimum Gasteiger partial charge on any atom is -0.507 e. The molecule has 186 valence electrons. The van der Waals surface area contributed by atoms with Gasteiger partial charge in [0.25, 0.3) is 11.7 Å². The molecule has 3 aromatic carbocycles. The smallest absolute Gasteiger partial charge is 0.295 e. The van der Waals surface area contributed by atoms with Gasteiger partial charge in [-0.2, -0.15) is 0 Å². The van der Waals surface area contributed by atoms with Crippen LogP contribution in [0.4, 0.5) is 0 Å². The summed E-state index contributed by atoms with van der Waals surface area (Å²) in [6.07, 6.45) is 0.877. The standard InChI is InChI=1S/C30H31NO5/c1-4-21-10-12-23(13-11-21)27-26(29(33)30(34)31(27)16-17-35-3)28(32)24-14-15-25(20(2)18-24)36-19-22-8-6-5-7-9-22/h5-15,18,27,32H,4,16-17,19H2,1-3H3/b28-26+. The lowest BCUT2D eigenvalue weighted by atomic mass is 9.94. The van der Waals surface area contributed by atoms with Crippen molar-refractivity contribution >= 4 is 17.4 Å². The summed E-state index contributed by atoms with van der Waals surface area (Å²) in [5, 5.41) is 11.3. The molecule has 1 fully saturated rings. The molecule has 6 nitrogen and oxygen atoms in total. The molecule has 1 heterocycles. The van der Waals surface area contributed by atoms with Gasteiger partial charge in [-0.15, -0.1) is 0 Å². The average molecular weight is 486 g/mol. The van der Waals surface area contributed by atoms with Crippen LogP contribution in [0.25, 0.3) is 5.76 Å². The van der Waals surface area contributed by atoms with Gasteiger partial charge in [-0.1, -0.05) is 61.5 Å². The van der Waals surface area contributed by atoms with Crippen LogP contribution in [-0.4, -0.2) is 42.0 Å². The van der Waals surface area contributed by atoms with E-state index in [1.165, 1.54) is 4.90 Å². The molecule has 6 heteroatoms. The lowest BCUT2D eigenvalue weighted by molar-refractivity contribution is -0.140. The van der Waals surface area contributed by atoms with E-state index in [0.29, 0.717) is 17.9 Å². The zero-order valence-corrected chi connectivity index (χ0v) is 20.9. The molecule has 1 aliphatic heterocycles. The number of hydrogen-bond acceptors (Lipinski definition) is 5. The Balaban J connectivity index is 1.69. The summed E-state index contributed by atoms with van der Waals surface area (Å²) in [7, 11) is 1.55. The molecule has 0 aliphatic carbocycles. The van der Waals surface area contributed by atoms with Gasteiger partial charge in [-0.25, -0.2) is 0 Å². The molecule has 1 N–H and O–H groups in total. The molecule has 1 unspecified atom stereocenters. The third-order valence-electron chi connectivity index (χ3n) is 6.47. The van der Waals surface area contributed by atoms with E-state index in [2.05, 4.69) is 6.92 Å². The lowest BCUT2D eigenvalue weighted by Gasteiger charge is -2.25. The van der Waals surface area contributed by atoms with Crippen LogP contribution in [0.15, 0.2) is 78.4 Å². The van der Waals surface area contributed by atoms with Crippen LogP contribution in [-0.2, 0) is 27.4 Å². The molecule has 0 radical (unpaired) electrons. The summed E-state index contributed by atoms with van der Waals surface area (Å²) < 4.78 is 11.1. The first-order chi connectivity index (χ1) is 17.4. The lowest BCUT2D eigenvalue weighted by Crippen LogP contribution is -2.32. The van der Waals surface area contributed by atoms with Gasteiger partial charge in [0.05, 0.1) is 18.2 Å². The monoisotopic (exact) mass is 485 g/mol. The largest absolute Gasteiger partial charge is 0.507 e. The fourth-order valence-corrected chi connectivity index (χ4v) is 4.43. The summed E-state index contributed by atoms with van der Waals surface area (Å²) in [4.78, 5) is 27.6. The first-order valence-electron chi connectivity index (χ1n) is 12.1. The molecule has 1 atom stereocenters. The Bertz CT molecular complexity index is 1260. The second-order valence-corrected chi connectivity index (χ2v) is 8.83. The zero-order chi connectivity index (χ0) is 25.7. The van der Waals surface area contributed by atoms with E-state index in [1.807, 2.05) is 61.5 Å². The second-order valence-electron chi connectivity index (χ2n) is 8.83. The van der Waals surface area contributed by atoms with Crippen LogP contribution in [0.3, 0.4) is 0 Å². The van der Waals surface area contributed by atoms with E-state index in [9.17, 15) is 14.7 Å². The minimum absolute atomic E-state index is 0.0812. The van der Waals surface area contributed by atoms with Gasteiger partial charge in [0.15, 0.2) is 0 Å². The number of aliphatic hydroxyl groups is 1. The molecule has 36 heavy (non-hydrogen) atoms. The van der Waals surface area contributed by atoms with Crippen LogP contribution in [0.2, 0.25) is 0 Å². The topological polar surface area (TPSA) is 76.1 Å². The number of nitrogens with zero attached hydrogens (tertiary/aromatic N) is 1. The molecule has 1 amide bonds. The summed E-state index contributed by atoms with van der Waals surface area (Å²) in [5.41, 5.74) is 4.32. The van der Waals surface area contributed by atoms with Crippen LogP contribution in [0.1, 0.15) is 40.8 Å². The van der Waals surface area contributed by atoms with Gasteiger partial charge < -0.3 is 19.5 Å². The van der Waals surface area contributed by atoms with Crippen LogP contribution < -0.4 is 4.74 Å². The van der Waals surface area contributed by atoms with Gasteiger partial charge >= 0.3 is 0 Å². The Kier molecular flexibility index (Phi) is 7.86. The quantitative estimate of drug-likeness (QED) is 0.256. The van der Waals surface area contributed by atoms with E-state index in [0.717, 1.165) is 28.7 Å². The fraction of sp³-hybridized carbons (Fsp3) is 0.267. The minimum atomic E-state index is -0.699. The van der Waals surface area contributed by atoms with Gasteiger partial charge in [0.2, 0.25) is 0 Å². The Morgan fingerprint density at radius 1 is 0.972 bits per heavy atom. The number of carbonyl (C=O) groups is 2. The number of carbonyl (C=O) groups excluding carboxylic acids is 2. The predicted molar refractivity (Wildman–Crippen MR) is 139 cm³/mol. The number of rotatable bonds is 9. The maximum atomic E-state index is 13.1. The Morgan fingerprint density at radius 2 is 1.69 bits per heavy atom. The molecule has 1 aliphatic rings. The number of benzene rings is 3. The highest BCUT2D eigenvalue weighted by Gasteiger charge is 2.45. The molecule has 0 aromatic heterocycles. The second kappa shape index (κ2) is 11.2. The van der Waals surface area contributed by atoms with Crippen molar-refractivity contribution in [3.8, 4) is 5.75 Å². The van der Waals surface area contributed by atoms with Crippen molar-refractivity contribution in [1.29, 1.82) is 0 Å². The van der Waals surface area contributed by atoms with Crippen molar-refractivity contribution in [3.05, 3.63) is 106 Å². The van der Waals surface area contributed by atoms with E-state index >= 15 is 0 Å². The molecular weight excluding hydrogens is 454 g/mol. The van der Waals surface area contributed by atoms with Crippen molar-refractivity contribution in [2.24, 2.45) is 0 Å². The maximum Gasteiger partial charge on any atom is 0.295 e. The van der Waals surface area contributed by atoms with E-state index in [4.69, 9.17) is 9.47 Å². The number of ether oxygens (including phenoxy) is 2. The highest BCUT2D eigenvalue weighted by atomic mass is 16.5.